The van der Waals surface area contributed by atoms with Crippen LogP contribution in [0.2, 0.25) is 0 Å². The van der Waals surface area contributed by atoms with Gasteiger partial charge in [-0.2, -0.15) is 28.2 Å². The molecular weight excluding hydrogens is 890 g/mol. The fourth-order valence-corrected chi connectivity index (χ4v) is 9.22. The second-order valence-corrected chi connectivity index (χ2v) is 17.2. The van der Waals surface area contributed by atoms with Crippen LogP contribution in [0.15, 0.2) is 97.7 Å². The number of aliphatic hydroxyl groups excluding tert-OH is 2. The average molecular weight is 939 g/mol. The van der Waals surface area contributed by atoms with Gasteiger partial charge in [-0.15, -0.1) is 0 Å². The van der Waals surface area contributed by atoms with Crippen molar-refractivity contribution < 1.29 is 47.6 Å². The van der Waals surface area contributed by atoms with E-state index in [1.807, 2.05) is 41.3 Å². The zero-order valence-electron chi connectivity index (χ0n) is 36.5. The maximum absolute atomic E-state index is 13.3. The summed E-state index contributed by atoms with van der Waals surface area (Å²) in [5, 5.41) is 46.0. The predicted octanol–water partition coefficient (Wildman–Crippen LogP) is 4.42. The van der Waals surface area contributed by atoms with E-state index >= 15 is 0 Å². The first kappa shape index (κ1) is 45.8. The number of rotatable bonds is 14. The monoisotopic (exact) mass is 938 g/mol. The number of ether oxygens (including phenoxy) is 1. The first-order valence-electron chi connectivity index (χ1n) is 22.3. The summed E-state index contributed by atoms with van der Waals surface area (Å²) in [7, 11) is 0. The highest BCUT2D eigenvalue weighted by Gasteiger charge is 2.45. The molecule has 1 saturated carbocycles. The first-order chi connectivity index (χ1) is 32.8. The van der Waals surface area contributed by atoms with Crippen molar-refractivity contribution in [3.05, 3.63) is 120 Å². The number of anilines is 3. The summed E-state index contributed by atoms with van der Waals surface area (Å²) in [5.74, 6) is -1.98. The van der Waals surface area contributed by atoms with Crippen molar-refractivity contribution in [1.29, 1.82) is 0 Å². The summed E-state index contributed by atoms with van der Waals surface area (Å²) in [5.41, 5.74) is 3.23. The number of piperidine rings is 1. The molecule has 4 aromatic heterocycles. The van der Waals surface area contributed by atoms with Crippen LogP contribution in [0.3, 0.4) is 0 Å². The molecule has 3 fully saturated rings. The number of alkyl halides is 3. The van der Waals surface area contributed by atoms with Gasteiger partial charge in [0, 0.05) is 68.7 Å². The van der Waals surface area contributed by atoms with E-state index in [-0.39, 0.29) is 41.6 Å². The number of nitrogens with one attached hydrogen (secondary N) is 3. The molecule has 19 nitrogen and oxygen atoms in total. The Morgan fingerprint density at radius 2 is 1.47 bits per heavy atom. The third kappa shape index (κ3) is 10.0. The minimum atomic E-state index is -5.15. The first-order valence-corrected chi connectivity index (χ1v) is 22.3. The highest BCUT2D eigenvalue weighted by atomic mass is 19.4. The Kier molecular flexibility index (Phi) is 13.1. The molecule has 1 aliphatic carbocycles. The molecule has 6 aromatic rings. The van der Waals surface area contributed by atoms with Crippen LogP contribution in [0.5, 0.6) is 0 Å². The van der Waals surface area contributed by atoms with Crippen LogP contribution in [0.4, 0.5) is 35.5 Å². The molecule has 2 saturated heterocycles. The number of aliphatic hydroxyl groups is 2. The predicted molar refractivity (Wildman–Crippen MR) is 240 cm³/mol. The number of fused-ring (bicyclic) bond motifs is 1. The Balaban J connectivity index is 0.921. The Morgan fingerprint density at radius 1 is 0.809 bits per heavy atom. The number of halogens is 3. The summed E-state index contributed by atoms with van der Waals surface area (Å²) in [4.78, 5) is 58.9. The van der Waals surface area contributed by atoms with Crippen LogP contribution in [-0.4, -0.2) is 131 Å². The number of benzene rings is 2. The second-order valence-electron chi connectivity index (χ2n) is 17.2. The summed E-state index contributed by atoms with van der Waals surface area (Å²) in [6.45, 7) is 1.93. The number of carbonyl (C=O) groups is 3. The Hall–Kier alpha value is -7.33. The van der Waals surface area contributed by atoms with Gasteiger partial charge in [0.05, 0.1) is 30.2 Å². The molecule has 9 rings (SSSR count). The summed E-state index contributed by atoms with van der Waals surface area (Å²) in [6, 6.07) is 21.1. The van der Waals surface area contributed by atoms with Crippen molar-refractivity contribution in [3.63, 3.8) is 0 Å². The third-order valence-electron chi connectivity index (χ3n) is 12.8. The Labute approximate surface area is 387 Å². The largest absolute Gasteiger partial charge is 0.490 e. The molecule has 356 valence electrons. The molecule has 6 heterocycles. The lowest BCUT2D eigenvalue weighted by atomic mass is 9.91. The number of carbonyl (C=O) groups excluding carboxylic acids is 2. The van der Waals surface area contributed by atoms with Gasteiger partial charge >= 0.3 is 24.1 Å². The van der Waals surface area contributed by atoms with E-state index in [1.165, 1.54) is 35.7 Å². The smallest absolute Gasteiger partial charge is 0.478 e. The van der Waals surface area contributed by atoms with Crippen LogP contribution in [0.25, 0.3) is 11.2 Å². The third-order valence-corrected chi connectivity index (χ3v) is 12.8. The molecule has 22 heteroatoms. The zero-order valence-corrected chi connectivity index (χ0v) is 36.5. The normalized spacial score (nSPS) is 21.1. The van der Waals surface area contributed by atoms with Gasteiger partial charge in [0.15, 0.2) is 17.0 Å². The van der Waals surface area contributed by atoms with Crippen molar-refractivity contribution in [2.24, 2.45) is 0 Å². The number of amides is 2. The number of pyridine rings is 1. The highest BCUT2D eigenvalue weighted by molar-refractivity contribution is 5.87. The topological polar surface area (TPSA) is 238 Å². The van der Waals surface area contributed by atoms with E-state index in [0.717, 1.165) is 11.1 Å². The molecule has 68 heavy (non-hydrogen) atoms. The van der Waals surface area contributed by atoms with Gasteiger partial charge in [0.25, 0.3) is 0 Å². The van der Waals surface area contributed by atoms with Gasteiger partial charge in [-0.1, -0.05) is 60.7 Å². The van der Waals surface area contributed by atoms with E-state index in [4.69, 9.17) is 15.0 Å². The van der Waals surface area contributed by atoms with Crippen molar-refractivity contribution in [2.45, 2.75) is 80.8 Å². The second kappa shape index (κ2) is 19.5. The molecule has 2 aliphatic heterocycles. The van der Waals surface area contributed by atoms with Gasteiger partial charge in [-0.25, -0.2) is 24.4 Å². The van der Waals surface area contributed by atoms with E-state index in [0.29, 0.717) is 80.7 Å². The van der Waals surface area contributed by atoms with Crippen LogP contribution in [-0.2, 0) is 16.1 Å². The fraction of sp³-hybridized carbons (Fsp3) is 0.391. The highest BCUT2D eigenvalue weighted by Crippen LogP contribution is 2.40. The van der Waals surface area contributed by atoms with Gasteiger partial charge < -0.3 is 50.4 Å². The molecular formula is C46H49F3N12O7. The van der Waals surface area contributed by atoms with Crippen LogP contribution in [0, 0.1) is 0 Å². The maximum Gasteiger partial charge on any atom is 0.490 e. The molecule has 0 bridgehead atoms. The van der Waals surface area contributed by atoms with Crippen molar-refractivity contribution in [3.8, 4) is 0 Å². The van der Waals surface area contributed by atoms with Crippen molar-refractivity contribution in [2.75, 3.05) is 47.8 Å². The molecule has 0 spiro atoms. The molecule has 2 amide bonds. The van der Waals surface area contributed by atoms with Crippen LogP contribution >= 0.6 is 0 Å². The number of carboxylic acid groups (broad SMARTS) is 1. The molecule has 3 aliphatic rings. The number of imidazole rings is 1. The van der Waals surface area contributed by atoms with Crippen molar-refractivity contribution in [1.82, 2.24) is 44.9 Å². The number of urea groups is 1. The molecule has 2 aromatic carbocycles. The summed E-state index contributed by atoms with van der Waals surface area (Å²) < 4.78 is 45.6. The Morgan fingerprint density at radius 3 is 2.13 bits per heavy atom. The average Bonchev–Trinajstić information content (AvgIpc) is 4.16. The van der Waals surface area contributed by atoms with Crippen LogP contribution in [0.1, 0.15) is 70.7 Å². The zero-order chi connectivity index (χ0) is 47.5. The number of nitrogens with zero attached hydrogens (tertiary/aromatic N) is 9. The minimum absolute atomic E-state index is 0.0698. The van der Waals surface area contributed by atoms with E-state index in [9.17, 15) is 42.9 Å². The van der Waals surface area contributed by atoms with Gasteiger partial charge in [-0.05, 0) is 48.9 Å². The Bertz CT molecular complexity index is 2680. The minimum Gasteiger partial charge on any atom is -0.478 e. The standard InChI is InChI=1S/C46H49F3N12O7/c47-46(48,49)43(66)68-25-27-20-53-61(23-27)35-19-34(38(62)39(35)63)60-26-52-37-40(51-22-33(28-7-3-1-4-8-28)29-9-5-2-6-10-29)56-44(57-41(37)60)59-18-15-32(24-59)55-45(67)54-31-13-16-58(17-14-31)36-12-11-30(21-50-36)42(64)65/h1-12,20-21,23,26,31-35,38-39,62-63H,13-19,22,24-25H2,(H,64,65)(H,51,56,57)(H2,54,55,67)/t32-,34-,35+,38+,39-/m1/s1. The molecule has 5 atom stereocenters. The lowest BCUT2D eigenvalue weighted by Crippen LogP contribution is -2.50. The van der Waals surface area contributed by atoms with Gasteiger partial charge in [-0.3, -0.25) is 4.68 Å². The number of carboxylic acids is 1. The van der Waals surface area contributed by atoms with E-state index in [1.54, 1.807) is 10.6 Å². The van der Waals surface area contributed by atoms with Crippen molar-refractivity contribution >= 4 is 46.7 Å². The van der Waals surface area contributed by atoms with E-state index in [2.05, 4.69) is 59.9 Å². The fourth-order valence-electron chi connectivity index (χ4n) is 9.22. The summed E-state index contributed by atoms with van der Waals surface area (Å²) >= 11 is 0. The number of aromatic carboxylic acids is 1. The maximum atomic E-state index is 13.3. The molecule has 6 N–H and O–H groups in total. The number of esters is 1. The molecule has 0 unspecified atom stereocenters. The number of aromatic nitrogens is 7. The van der Waals surface area contributed by atoms with E-state index < -0.39 is 49.0 Å². The number of hydrogen-bond donors (Lipinski definition) is 6. The van der Waals surface area contributed by atoms with Gasteiger partial charge in [0.1, 0.15) is 24.6 Å². The lowest BCUT2D eigenvalue weighted by Gasteiger charge is -2.33. The van der Waals surface area contributed by atoms with Crippen LogP contribution < -0.4 is 25.8 Å². The molecule has 0 radical (unpaired) electrons. The lowest BCUT2D eigenvalue weighted by molar-refractivity contribution is -0.201. The summed E-state index contributed by atoms with van der Waals surface area (Å²) in [6.07, 6.45) is -0.284. The SMILES string of the molecule is O=C(NC1CCN(c2ccc(C(=O)O)cn2)CC1)N[C@@H]1CCN(c2nc(NCC(c3ccccc3)c3ccccc3)c3ncn([C@@H]4C[C@H](n5cc(COC(=O)C(F)(F)F)cn5)[C@@H](O)[C@H]4O)c3n2)C1. The number of hydrogen-bond acceptors (Lipinski definition) is 14. The quantitative estimate of drug-likeness (QED) is 0.0830. The van der Waals surface area contributed by atoms with Gasteiger partial charge in [0.2, 0.25) is 5.95 Å².